The van der Waals surface area contributed by atoms with Gasteiger partial charge >= 0.3 is 0 Å². The number of fused-ring (bicyclic) bond motifs is 1. The average molecular weight is 354 g/mol. The Labute approximate surface area is 151 Å². The van der Waals surface area contributed by atoms with E-state index in [0.717, 1.165) is 0 Å². The zero-order valence-corrected chi connectivity index (χ0v) is 15.0. The highest BCUT2D eigenvalue weighted by atomic mass is 16.3. The fourth-order valence-corrected chi connectivity index (χ4v) is 3.48. The number of pyridine rings is 1. The summed E-state index contributed by atoms with van der Waals surface area (Å²) in [5.74, 6) is -1.23. The van der Waals surface area contributed by atoms with Crippen LogP contribution in [0.15, 0.2) is 47.4 Å². The first kappa shape index (κ1) is 18.1. The molecule has 1 aliphatic carbocycles. The van der Waals surface area contributed by atoms with E-state index < -0.39 is 29.4 Å². The monoisotopic (exact) mass is 354 g/mol. The highest BCUT2D eigenvalue weighted by Crippen LogP contribution is 2.43. The molecular weight excluding hydrogens is 332 g/mol. The molecule has 1 aliphatic rings. The number of hydrogen-bond donors (Lipinski definition) is 2. The zero-order valence-electron chi connectivity index (χ0n) is 15.0. The van der Waals surface area contributed by atoms with E-state index in [1.54, 1.807) is 57.3 Å². The summed E-state index contributed by atoms with van der Waals surface area (Å²) in [4.78, 5) is 36.8. The third kappa shape index (κ3) is 2.66. The summed E-state index contributed by atoms with van der Waals surface area (Å²) in [6.07, 6.45) is 0.498. The van der Waals surface area contributed by atoms with Crippen molar-refractivity contribution in [1.29, 1.82) is 0 Å². The minimum atomic E-state index is -1.10. The van der Waals surface area contributed by atoms with Crippen LogP contribution >= 0.6 is 0 Å². The van der Waals surface area contributed by atoms with Crippen molar-refractivity contribution in [1.82, 2.24) is 4.57 Å². The number of aromatic nitrogens is 1. The second-order valence-corrected chi connectivity index (χ2v) is 7.36. The first-order chi connectivity index (χ1) is 12.2. The topological polar surface area (TPSA) is 102 Å². The summed E-state index contributed by atoms with van der Waals surface area (Å²) in [6.45, 7) is 5.02. The van der Waals surface area contributed by atoms with Crippen LogP contribution in [0.2, 0.25) is 0 Å². The number of nitrogens with two attached hydrogens (primary N) is 1. The van der Waals surface area contributed by atoms with E-state index in [-0.39, 0.29) is 11.3 Å². The second-order valence-electron chi connectivity index (χ2n) is 7.36. The number of aliphatic hydroxyl groups is 1. The van der Waals surface area contributed by atoms with Crippen LogP contribution in [-0.4, -0.2) is 27.5 Å². The van der Waals surface area contributed by atoms with Crippen LogP contribution in [-0.2, 0) is 4.79 Å². The molecule has 0 radical (unpaired) electrons. The highest BCUT2D eigenvalue weighted by molar-refractivity contribution is 6.03. The predicted octanol–water partition coefficient (Wildman–Crippen LogP) is 1.61. The minimum Gasteiger partial charge on any atom is -0.390 e. The predicted molar refractivity (Wildman–Crippen MR) is 97.0 cm³/mol. The first-order valence-electron chi connectivity index (χ1n) is 8.49. The number of aliphatic hydroxyl groups excluding tert-OH is 1. The van der Waals surface area contributed by atoms with Gasteiger partial charge in [-0.1, -0.05) is 24.3 Å². The van der Waals surface area contributed by atoms with E-state index in [4.69, 9.17) is 5.73 Å². The Bertz CT molecular complexity index is 945. The Morgan fingerprint density at radius 3 is 2.54 bits per heavy atom. The number of nitrogens with zero attached hydrogens (tertiary/aromatic N) is 1. The maximum Gasteiger partial charge on any atom is 0.251 e. The van der Waals surface area contributed by atoms with Gasteiger partial charge in [0, 0.05) is 17.8 Å². The molecule has 2 aromatic rings. The summed E-state index contributed by atoms with van der Waals surface area (Å²) in [5.41, 5.74) is 5.69. The molecular formula is C20H22N2O4. The molecule has 1 aromatic heterocycles. The standard InChI is InChI=1S/C20H22N2O4/c1-11(19(21)26)12-7-8-13-14(10-12)16(18(25)20(2,3)17(13)24)22-9-5-4-6-15(22)23/h4-11,16,18,25H,1-3H3,(H2,21,26). The molecule has 1 amide bonds. The molecule has 0 saturated heterocycles. The number of Topliss-reactive ketones (excluding diaryl/α,β-unsaturated/α-hetero) is 1. The Morgan fingerprint density at radius 2 is 1.92 bits per heavy atom. The molecule has 0 bridgehead atoms. The van der Waals surface area contributed by atoms with E-state index in [1.165, 1.54) is 10.6 Å². The molecule has 3 rings (SSSR count). The van der Waals surface area contributed by atoms with Crippen LogP contribution in [0.5, 0.6) is 0 Å². The van der Waals surface area contributed by atoms with Gasteiger partial charge in [-0.2, -0.15) is 0 Å². The van der Waals surface area contributed by atoms with Crippen molar-refractivity contribution in [3.05, 3.63) is 69.6 Å². The number of rotatable bonds is 3. The largest absolute Gasteiger partial charge is 0.390 e. The number of benzene rings is 1. The summed E-state index contributed by atoms with van der Waals surface area (Å²) in [7, 11) is 0. The fourth-order valence-electron chi connectivity index (χ4n) is 3.48. The van der Waals surface area contributed by atoms with Gasteiger partial charge in [0.05, 0.1) is 23.5 Å². The third-order valence-electron chi connectivity index (χ3n) is 5.34. The Hall–Kier alpha value is -2.73. The third-order valence-corrected chi connectivity index (χ3v) is 5.34. The normalized spacial score (nSPS) is 22.5. The van der Waals surface area contributed by atoms with Gasteiger partial charge in [-0.15, -0.1) is 0 Å². The van der Waals surface area contributed by atoms with Crippen molar-refractivity contribution in [2.24, 2.45) is 11.1 Å². The second kappa shape index (κ2) is 6.21. The van der Waals surface area contributed by atoms with Gasteiger partial charge < -0.3 is 15.4 Å². The smallest absolute Gasteiger partial charge is 0.251 e. The number of carbonyl (C=O) groups excluding carboxylic acids is 2. The van der Waals surface area contributed by atoms with Gasteiger partial charge in [-0.25, -0.2) is 0 Å². The summed E-state index contributed by atoms with van der Waals surface area (Å²) >= 11 is 0. The van der Waals surface area contributed by atoms with Crippen LogP contribution in [0.1, 0.15) is 54.2 Å². The molecule has 0 spiro atoms. The lowest BCUT2D eigenvalue weighted by Crippen LogP contribution is -2.49. The van der Waals surface area contributed by atoms with Gasteiger partial charge in [-0.05, 0) is 38.0 Å². The molecule has 3 N–H and O–H groups in total. The molecule has 6 heteroatoms. The number of ketones is 1. The maximum atomic E-state index is 12.9. The average Bonchev–Trinajstić information content (AvgIpc) is 2.61. The number of primary amides is 1. The number of carbonyl (C=O) groups is 2. The Morgan fingerprint density at radius 1 is 1.23 bits per heavy atom. The van der Waals surface area contributed by atoms with Crippen molar-refractivity contribution >= 4 is 11.7 Å². The molecule has 3 atom stereocenters. The highest BCUT2D eigenvalue weighted by Gasteiger charge is 2.48. The number of hydrogen-bond acceptors (Lipinski definition) is 4. The molecule has 0 saturated carbocycles. The van der Waals surface area contributed by atoms with Crippen LogP contribution in [0, 0.1) is 5.41 Å². The van der Waals surface area contributed by atoms with E-state index in [1.807, 2.05) is 0 Å². The van der Waals surface area contributed by atoms with E-state index in [2.05, 4.69) is 0 Å². The minimum absolute atomic E-state index is 0.196. The molecule has 1 heterocycles. The maximum absolute atomic E-state index is 12.9. The lowest BCUT2D eigenvalue weighted by Gasteiger charge is -2.41. The van der Waals surface area contributed by atoms with E-state index in [9.17, 15) is 19.5 Å². The molecule has 0 fully saturated rings. The van der Waals surface area contributed by atoms with Crippen molar-refractivity contribution < 1.29 is 14.7 Å². The van der Waals surface area contributed by atoms with Crippen molar-refractivity contribution in [3.63, 3.8) is 0 Å². The quantitative estimate of drug-likeness (QED) is 0.874. The van der Waals surface area contributed by atoms with Gasteiger partial charge in [-0.3, -0.25) is 14.4 Å². The van der Waals surface area contributed by atoms with Gasteiger partial charge in [0.25, 0.3) is 5.56 Å². The molecule has 6 nitrogen and oxygen atoms in total. The van der Waals surface area contributed by atoms with Crippen LogP contribution in [0.4, 0.5) is 0 Å². The van der Waals surface area contributed by atoms with Crippen LogP contribution < -0.4 is 11.3 Å². The summed E-state index contributed by atoms with van der Waals surface area (Å²) in [5, 5.41) is 11.0. The molecule has 0 aliphatic heterocycles. The fraction of sp³-hybridized carbons (Fsp3) is 0.350. The van der Waals surface area contributed by atoms with Gasteiger partial charge in [0.2, 0.25) is 5.91 Å². The van der Waals surface area contributed by atoms with Crippen LogP contribution in [0.3, 0.4) is 0 Å². The lowest BCUT2D eigenvalue weighted by atomic mass is 9.68. The molecule has 1 aromatic carbocycles. The van der Waals surface area contributed by atoms with Crippen molar-refractivity contribution in [2.75, 3.05) is 0 Å². The SMILES string of the molecule is CC(C(N)=O)c1ccc2c(c1)C(n1ccccc1=O)C(O)C(C)(C)C2=O. The summed E-state index contributed by atoms with van der Waals surface area (Å²) < 4.78 is 1.43. The molecule has 26 heavy (non-hydrogen) atoms. The lowest BCUT2D eigenvalue weighted by molar-refractivity contribution is -0.119. The summed E-state index contributed by atoms with van der Waals surface area (Å²) in [6, 6.07) is 9.05. The van der Waals surface area contributed by atoms with E-state index >= 15 is 0 Å². The van der Waals surface area contributed by atoms with Crippen molar-refractivity contribution in [3.8, 4) is 0 Å². The van der Waals surface area contributed by atoms with Gasteiger partial charge in [0.15, 0.2) is 5.78 Å². The molecule has 136 valence electrons. The zero-order chi connectivity index (χ0) is 19.2. The van der Waals surface area contributed by atoms with Gasteiger partial charge in [0.1, 0.15) is 0 Å². The van der Waals surface area contributed by atoms with E-state index in [0.29, 0.717) is 16.7 Å². The molecule has 3 unspecified atom stereocenters. The number of amides is 1. The Kier molecular flexibility index (Phi) is 4.32. The Balaban J connectivity index is 2.28. The first-order valence-corrected chi connectivity index (χ1v) is 8.49. The van der Waals surface area contributed by atoms with Crippen LogP contribution in [0.25, 0.3) is 0 Å². The van der Waals surface area contributed by atoms with Crippen molar-refractivity contribution in [2.45, 2.75) is 38.8 Å².